The summed E-state index contributed by atoms with van der Waals surface area (Å²) in [6.45, 7) is 0. The van der Waals surface area contributed by atoms with Gasteiger partial charge >= 0.3 is 10.4 Å². The molecule has 2 N–H and O–H groups in total. The molecule has 6 heavy (non-hydrogen) atoms. The van der Waals surface area contributed by atoms with E-state index in [1.807, 2.05) is 0 Å². The molecule has 0 fully saturated rings. The first-order chi connectivity index (χ1) is 2.00. The van der Waals surface area contributed by atoms with Crippen LogP contribution in [0.4, 0.5) is 0 Å². The van der Waals surface area contributed by atoms with Gasteiger partial charge in [-0.25, -0.2) is 0 Å². The molecule has 0 bridgehead atoms. The van der Waals surface area contributed by atoms with Crippen LogP contribution in [-0.2, 0) is 31.5 Å². The van der Waals surface area contributed by atoms with Gasteiger partial charge in [0.05, 0.1) is 0 Å². The molecule has 38 valence electrons. The maximum Gasteiger partial charge on any atom is 0.394 e. The van der Waals surface area contributed by atoms with Gasteiger partial charge < -0.3 is 0 Å². The Bertz CT molecular complexity index is 90.7. The van der Waals surface area contributed by atoms with Crippen molar-refractivity contribution in [2.24, 2.45) is 0 Å². The van der Waals surface area contributed by atoms with Crippen molar-refractivity contribution in [2.45, 2.75) is 0 Å². The molecule has 0 unspecified atom stereocenters. The van der Waals surface area contributed by atoms with Gasteiger partial charge in [0.1, 0.15) is 0 Å². The van der Waals surface area contributed by atoms with Crippen LogP contribution in [0.2, 0.25) is 0 Å². The van der Waals surface area contributed by atoms with Crippen molar-refractivity contribution < 1.29 is 38.6 Å². The number of rotatable bonds is 0. The molecule has 0 aromatic heterocycles. The molecule has 0 heterocycles. The quantitative estimate of drug-likeness (QED) is 0.579. The molecular formula is H2O4SW. The van der Waals surface area contributed by atoms with Crippen LogP contribution in [-0.4, -0.2) is 17.5 Å². The van der Waals surface area contributed by atoms with Crippen molar-refractivity contribution in [3.05, 3.63) is 0 Å². The van der Waals surface area contributed by atoms with Crippen molar-refractivity contribution >= 4 is 10.4 Å². The van der Waals surface area contributed by atoms with Crippen molar-refractivity contribution in [2.75, 3.05) is 0 Å². The van der Waals surface area contributed by atoms with Crippen LogP contribution in [0.25, 0.3) is 0 Å². The van der Waals surface area contributed by atoms with Crippen LogP contribution in [0.1, 0.15) is 0 Å². The third kappa shape index (κ3) is 185. The molecule has 4 nitrogen and oxygen atoms in total. The van der Waals surface area contributed by atoms with Crippen LogP contribution in [0.15, 0.2) is 0 Å². The van der Waals surface area contributed by atoms with E-state index in [9.17, 15) is 0 Å². The zero-order valence-electron chi connectivity index (χ0n) is 2.53. The minimum Gasteiger partial charge on any atom is -0.264 e. The summed E-state index contributed by atoms with van der Waals surface area (Å²) in [6, 6.07) is 0. The largest absolute Gasteiger partial charge is 0.394 e. The fraction of sp³-hybridized carbons (Fsp3) is 0. The van der Waals surface area contributed by atoms with E-state index in [1.165, 1.54) is 0 Å². The van der Waals surface area contributed by atoms with Crippen molar-refractivity contribution in [1.29, 1.82) is 0 Å². The molecule has 0 amide bonds. The van der Waals surface area contributed by atoms with E-state index in [4.69, 9.17) is 17.5 Å². The summed E-state index contributed by atoms with van der Waals surface area (Å²) in [5, 5.41) is 0. The average molecular weight is 282 g/mol. The van der Waals surface area contributed by atoms with Crippen LogP contribution < -0.4 is 0 Å². The smallest absolute Gasteiger partial charge is 0.264 e. The monoisotopic (exact) mass is 282 g/mol. The van der Waals surface area contributed by atoms with Gasteiger partial charge in [0, 0.05) is 21.1 Å². The summed E-state index contributed by atoms with van der Waals surface area (Å²) < 4.78 is 31.6. The Morgan fingerprint density at radius 1 is 1.17 bits per heavy atom. The molecule has 0 atom stereocenters. The molecule has 0 aliphatic carbocycles. The van der Waals surface area contributed by atoms with Gasteiger partial charge in [0.2, 0.25) is 0 Å². The first-order valence-corrected chi connectivity index (χ1v) is 2.10. The molecule has 0 saturated carbocycles. The second-order valence-corrected chi connectivity index (χ2v) is 1.34. The minimum absolute atomic E-state index is 0. The molecule has 0 aromatic rings. The summed E-state index contributed by atoms with van der Waals surface area (Å²) in [7, 11) is -4.67. The molecule has 0 radical (unpaired) electrons. The van der Waals surface area contributed by atoms with Gasteiger partial charge in [0.15, 0.2) is 0 Å². The predicted molar refractivity (Wildman–Crippen MR) is 14.2 cm³/mol. The van der Waals surface area contributed by atoms with Gasteiger partial charge in [-0.1, -0.05) is 0 Å². The fourth-order valence-corrected chi connectivity index (χ4v) is 0. The van der Waals surface area contributed by atoms with E-state index < -0.39 is 10.4 Å². The summed E-state index contributed by atoms with van der Waals surface area (Å²) in [4.78, 5) is 0. The number of hydrogen-bond acceptors (Lipinski definition) is 2. The van der Waals surface area contributed by atoms with Crippen LogP contribution >= 0.6 is 0 Å². The molecule has 0 aliphatic heterocycles. The first kappa shape index (κ1) is 9.75. The second-order valence-electron chi connectivity index (χ2n) is 0.448. The molecule has 0 aromatic carbocycles. The summed E-state index contributed by atoms with van der Waals surface area (Å²) in [6.07, 6.45) is 0. The minimum atomic E-state index is -4.67. The molecule has 0 aliphatic rings. The standard InChI is InChI=1S/H2O4S.W/c1-5(2,3)4;/h(H2,1,2,3,4);. The van der Waals surface area contributed by atoms with Crippen molar-refractivity contribution in [3.63, 3.8) is 0 Å². The molecule has 0 spiro atoms. The number of hydrogen-bond donors (Lipinski definition) is 2. The third-order valence-corrected chi connectivity index (χ3v) is 0. The van der Waals surface area contributed by atoms with Crippen LogP contribution in [0, 0.1) is 0 Å². The Morgan fingerprint density at radius 3 is 1.17 bits per heavy atom. The van der Waals surface area contributed by atoms with Crippen LogP contribution in [0.3, 0.4) is 0 Å². The van der Waals surface area contributed by atoms with E-state index in [1.54, 1.807) is 0 Å². The van der Waals surface area contributed by atoms with E-state index in [-0.39, 0.29) is 21.1 Å². The van der Waals surface area contributed by atoms with Crippen LogP contribution in [0.5, 0.6) is 0 Å². The normalized spacial score (nSPS) is 9.67. The van der Waals surface area contributed by atoms with Gasteiger partial charge in [-0.2, -0.15) is 8.42 Å². The maximum atomic E-state index is 8.74. The third-order valence-electron chi connectivity index (χ3n) is 0. The van der Waals surface area contributed by atoms with Crippen molar-refractivity contribution in [3.8, 4) is 0 Å². The zero-order chi connectivity index (χ0) is 4.50. The Kier molecular flexibility index (Phi) is 4.36. The predicted octanol–water partition coefficient (Wildman–Crippen LogP) is -0.655. The first-order valence-electron chi connectivity index (χ1n) is 0.698. The molecular weight excluding hydrogens is 280 g/mol. The maximum absolute atomic E-state index is 8.74. The SMILES string of the molecule is O=S(=O)(O)O.[W]. The van der Waals surface area contributed by atoms with E-state index in [0.29, 0.717) is 0 Å². The Morgan fingerprint density at radius 2 is 1.17 bits per heavy atom. The Labute approximate surface area is 49.4 Å². The summed E-state index contributed by atoms with van der Waals surface area (Å²) >= 11 is 0. The second kappa shape index (κ2) is 2.69. The Hall–Kier alpha value is 0.558. The van der Waals surface area contributed by atoms with Gasteiger partial charge in [-0.05, 0) is 0 Å². The van der Waals surface area contributed by atoms with E-state index in [0.717, 1.165) is 0 Å². The van der Waals surface area contributed by atoms with E-state index >= 15 is 0 Å². The topological polar surface area (TPSA) is 74.6 Å². The molecule has 0 rings (SSSR count). The summed E-state index contributed by atoms with van der Waals surface area (Å²) in [5.41, 5.74) is 0. The van der Waals surface area contributed by atoms with E-state index in [2.05, 4.69) is 0 Å². The Balaban J connectivity index is 0. The molecule has 0 saturated heterocycles. The van der Waals surface area contributed by atoms with Gasteiger partial charge in [-0.3, -0.25) is 9.11 Å². The summed E-state index contributed by atoms with van der Waals surface area (Å²) in [5.74, 6) is 0. The van der Waals surface area contributed by atoms with Gasteiger partial charge in [-0.15, -0.1) is 0 Å². The molecule has 6 heteroatoms. The van der Waals surface area contributed by atoms with Crippen molar-refractivity contribution in [1.82, 2.24) is 0 Å². The average Bonchev–Trinajstić information content (AvgIpc) is 0.722. The van der Waals surface area contributed by atoms with Gasteiger partial charge in [0.25, 0.3) is 0 Å². The fourth-order valence-electron chi connectivity index (χ4n) is 0. The zero-order valence-corrected chi connectivity index (χ0v) is 6.28.